The average molecular weight is 324 g/mol. The van der Waals surface area contributed by atoms with Crippen molar-refractivity contribution < 1.29 is 4.79 Å². The Morgan fingerprint density at radius 3 is 3.00 bits per heavy atom. The van der Waals surface area contributed by atoms with Crippen LogP contribution < -0.4 is 0 Å². The van der Waals surface area contributed by atoms with Crippen molar-refractivity contribution >= 4 is 11.6 Å². The number of likely N-dealkylation sites (tertiary alicyclic amines) is 1. The van der Waals surface area contributed by atoms with Gasteiger partial charge in [-0.2, -0.15) is 10.2 Å². The summed E-state index contributed by atoms with van der Waals surface area (Å²) in [7, 11) is 0. The highest BCUT2D eigenvalue weighted by molar-refractivity contribution is 5.99. The third kappa shape index (κ3) is 2.46. The molecule has 0 unspecified atom stereocenters. The molecular weight excluding hydrogens is 304 g/mol. The number of aryl methyl sites for hydroxylation is 2. The van der Waals surface area contributed by atoms with Gasteiger partial charge in [-0.1, -0.05) is 0 Å². The van der Waals surface area contributed by atoms with Crippen molar-refractivity contribution in [2.45, 2.75) is 32.7 Å². The van der Waals surface area contributed by atoms with E-state index in [1.807, 2.05) is 11.8 Å². The van der Waals surface area contributed by atoms with E-state index in [4.69, 9.17) is 0 Å². The quantitative estimate of drug-likeness (QED) is 0.723. The summed E-state index contributed by atoms with van der Waals surface area (Å²) in [5.41, 5.74) is 3.33. The van der Waals surface area contributed by atoms with Gasteiger partial charge in [0.15, 0.2) is 5.65 Å². The number of piperidine rings is 1. The van der Waals surface area contributed by atoms with Gasteiger partial charge in [0.25, 0.3) is 5.91 Å². The zero-order valence-electron chi connectivity index (χ0n) is 13.9. The maximum atomic E-state index is 12.9. The van der Waals surface area contributed by atoms with Crippen molar-refractivity contribution in [1.29, 1.82) is 0 Å². The first-order valence-corrected chi connectivity index (χ1v) is 8.24. The van der Waals surface area contributed by atoms with Crippen molar-refractivity contribution in [3.05, 3.63) is 47.7 Å². The highest BCUT2D eigenvalue weighted by atomic mass is 16.2. The van der Waals surface area contributed by atoms with E-state index in [9.17, 15) is 4.79 Å². The molecule has 0 spiro atoms. The van der Waals surface area contributed by atoms with Crippen molar-refractivity contribution in [1.82, 2.24) is 29.3 Å². The second-order valence-corrected chi connectivity index (χ2v) is 6.37. The van der Waals surface area contributed by atoms with E-state index in [0.29, 0.717) is 17.8 Å². The Morgan fingerprint density at radius 2 is 2.21 bits per heavy atom. The fourth-order valence-electron chi connectivity index (χ4n) is 3.50. The van der Waals surface area contributed by atoms with Crippen LogP contribution in [0.5, 0.6) is 0 Å². The first-order valence-electron chi connectivity index (χ1n) is 8.24. The molecule has 1 aliphatic rings. The van der Waals surface area contributed by atoms with E-state index in [1.54, 1.807) is 29.2 Å². The molecule has 0 saturated carbocycles. The number of hydrogen-bond acceptors (Lipinski definition) is 4. The number of aromatic nitrogens is 5. The minimum Gasteiger partial charge on any atom is -0.336 e. The van der Waals surface area contributed by atoms with Gasteiger partial charge in [-0.05, 0) is 38.8 Å². The third-order valence-electron chi connectivity index (χ3n) is 4.58. The zero-order valence-corrected chi connectivity index (χ0v) is 13.9. The second kappa shape index (κ2) is 5.74. The highest BCUT2D eigenvalue weighted by Crippen LogP contribution is 2.24. The normalized spacial score (nSPS) is 18.2. The minimum atomic E-state index is -0.00469. The number of rotatable bonds is 2. The topological polar surface area (TPSA) is 68.3 Å². The minimum absolute atomic E-state index is 0.00469. The molecule has 1 fully saturated rings. The standard InChI is InChI=1S/C17H20N6O/c1-12-9-13(2)23(20-12)14-5-3-7-21(11-14)17(24)15-10-19-22-8-4-6-18-16(15)22/h4,6,8-10,14H,3,5,7,11H2,1-2H3/t14-/m0/s1. The summed E-state index contributed by atoms with van der Waals surface area (Å²) in [6, 6.07) is 4.11. The zero-order chi connectivity index (χ0) is 16.7. The highest BCUT2D eigenvalue weighted by Gasteiger charge is 2.28. The van der Waals surface area contributed by atoms with Crippen LogP contribution in [0.2, 0.25) is 0 Å². The van der Waals surface area contributed by atoms with Gasteiger partial charge in [-0.25, -0.2) is 9.50 Å². The lowest BCUT2D eigenvalue weighted by atomic mass is 10.0. The van der Waals surface area contributed by atoms with Crippen molar-refractivity contribution in [2.24, 2.45) is 0 Å². The van der Waals surface area contributed by atoms with Crippen LogP contribution in [-0.2, 0) is 0 Å². The van der Waals surface area contributed by atoms with E-state index in [-0.39, 0.29) is 11.9 Å². The van der Waals surface area contributed by atoms with Crippen LogP contribution >= 0.6 is 0 Å². The lowest BCUT2D eigenvalue weighted by Crippen LogP contribution is -2.41. The van der Waals surface area contributed by atoms with Gasteiger partial charge in [-0.15, -0.1) is 0 Å². The third-order valence-corrected chi connectivity index (χ3v) is 4.58. The predicted molar refractivity (Wildman–Crippen MR) is 88.9 cm³/mol. The summed E-state index contributed by atoms with van der Waals surface area (Å²) in [6.07, 6.45) is 7.11. The number of fused-ring (bicyclic) bond motifs is 1. The van der Waals surface area contributed by atoms with E-state index >= 15 is 0 Å². The summed E-state index contributed by atoms with van der Waals surface area (Å²) in [5, 5.41) is 8.81. The van der Waals surface area contributed by atoms with Gasteiger partial charge in [0.05, 0.1) is 17.9 Å². The molecule has 0 aromatic carbocycles. The smallest absolute Gasteiger partial charge is 0.259 e. The van der Waals surface area contributed by atoms with Crippen molar-refractivity contribution in [2.75, 3.05) is 13.1 Å². The molecule has 24 heavy (non-hydrogen) atoms. The molecule has 4 heterocycles. The SMILES string of the molecule is Cc1cc(C)n([C@H]2CCCN(C(=O)c3cnn4cccnc34)C2)n1. The first kappa shape index (κ1) is 14.9. The second-order valence-electron chi connectivity index (χ2n) is 6.37. The maximum absolute atomic E-state index is 12.9. The Balaban J connectivity index is 1.60. The van der Waals surface area contributed by atoms with E-state index in [0.717, 1.165) is 30.8 Å². The predicted octanol–water partition coefficient (Wildman–Crippen LogP) is 2.02. The molecule has 7 nitrogen and oxygen atoms in total. The fraction of sp³-hybridized carbons (Fsp3) is 0.412. The largest absolute Gasteiger partial charge is 0.336 e. The van der Waals surface area contributed by atoms with Gasteiger partial charge in [0.2, 0.25) is 0 Å². The molecule has 1 atom stereocenters. The number of carbonyl (C=O) groups excluding carboxylic acids is 1. The Hall–Kier alpha value is -2.70. The summed E-state index contributed by atoms with van der Waals surface area (Å²) < 4.78 is 3.69. The number of hydrogen-bond donors (Lipinski definition) is 0. The molecule has 1 amide bonds. The van der Waals surface area contributed by atoms with Gasteiger partial charge >= 0.3 is 0 Å². The van der Waals surface area contributed by atoms with Crippen LogP contribution in [0.1, 0.15) is 40.6 Å². The molecule has 4 rings (SSSR count). The number of nitrogens with zero attached hydrogens (tertiary/aromatic N) is 6. The van der Waals surface area contributed by atoms with Gasteiger partial charge in [0, 0.05) is 31.2 Å². The molecule has 3 aromatic heterocycles. The molecule has 1 saturated heterocycles. The molecule has 3 aromatic rings. The van der Waals surface area contributed by atoms with Crippen LogP contribution in [0.3, 0.4) is 0 Å². The summed E-state index contributed by atoms with van der Waals surface area (Å²) in [4.78, 5) is 19.1. The van der Waals surface area contributed by atoms with Crippen LogP contribution in [0.4, 0.5) is 0 Å². The Bertz CT molecular complexity index is 896. The molecular formula is C17H20N6O. The van der Waals surface area contributed by atoms with E-state index < -0.39 is 0 Å². The Morgan fingerprint density at radius 1 is 1.33 bits per heavy atom. The van der Waals surface area contributed by atoms with Crippen molar-refractivity contribution in [3.8, 4) is 0 Å². The first-order chi connectivity index (χ1) is 11.6. The fourth-order valence-corrected chi connectivity index (χ4v) is 3.50. The molecule has 0 radical (unpaired) electrons. The van der Waals surface area contributed by atoms with Gasteiger partial charge < -0.3 is 4.90 Å². The molecule has 124 valence electrons. The monoisotopic (exact) mass is 324 g/mol. The lowest BCUT2D eigenvalue weighted by Gasteiger charge is -2.33. The molecule has 0 bridgehead atoms. The van der Waals surface area contributed by atoms with Gasteiger partial charge in [0.1, 0.15) is 5.56 Å². The van der Waals surface area contributed by atoms with Gasteiger partial charge in [-0.3, -0.25) is 9.48 Å². The van der Waals surface area contributed by atoms with E-state index in [2.05, 4.69) is 32.9 Å². The van der Waals surface area contributed by atoms with Crippen LogP contribution in [0, 0.1) is 13.8 Å². The summed E-state index contributed by atoms with van der Waals surface area (Å²) in [5.74, 6) is -0.00469. The Kier molecular flexibility index (Phi) is 3.55. The molecule has 7 heteroatoms. The Labute approximate surface area is 139 Å². The van der Waals surface area contributed by atoms with Crippen LogP contribution in [-0.4, -0.2) is 48.3 Å². The molecule has 1 aliphatic heterocycles. The lowest BCUT2D eigenvalue weighted by molar-refractivity contribution is 0.0673. The maximum Gasteiger partial charge on any atom is 0.259 e. The van der Waals surface area contributed by atoms with Crippen molar-refractivity contribution in [3.63, 3.8) is 0 Å². The summed E-state index contributed by atoms with van der Waals surface area (Å²) >= 11 is 0. The van der Waals surface area contributed by atoms with Crippen LogP contribution in [0.25, 0.3) is 5.65 Å². The number of carbonyl (C=O) groups is 1. The molecule has 0 N–H and O–H groups in total. The molecule has 0 aliphatic carbocycles. The van der Waals surface area contributed by atoms with E-state index in [1.165, 1.54) is 0 Å². The summed E-state index contributed by atoms with van der Waals surface area (Å²) in [6.45, 7) is 5.50. The number of amides is 1. The van der Waals surface area contributed by atoms with Crippen LogP contribution in [0.15, 0.2) is 30.7 Å². The average Bonchev–Trinajstić information content (AvgIpc) is 3.17.